The summed E-state index contributed by atoms with van der Waals surface area (Å²) in [7, 11) is 3.48. The number of methoxy groups -OCH3 is 1. The fourth-order valence-electron chi connectivity index (χ4n) is 5.15. The number of hydrogen-bond acceptors (Lipinski definition) is 6. The van der Waals surface area contributed by atoms with Crippen molar-refractivity contribution in [2.45, 2.75) is 52.3 Å². The first-order chi connectivity index (χ1) is 19.8. The number of likely N-dealkylation sites (N-methyl/N-ethyl adjacent to an activating group) is 1. The van der Waals surface area contributed by atoms with E-state index in [9.17, 15) is 9.59 Å². The highest BCUT2D eigenvalue weighted by atomic mass is 16.5. The topological polar surface area (TPSA) is 84.0 Å². The van der Waals surface area contributed by atoms with Gasteiger partial charge in [-0.2, -0.15) is 0 Å². The van der Waals surface area contributed by atoms with Crippen molar-refractivity contribution in [3.8, 4) is 17.0 Å². The molecular formula is C33H42N4O4. The summed E-state index contributed by atoms with van der Waals surface area (Å²) in [4.78, 5) is 34.3. The van der Waals surface area contributed by atoms with Gasteiger partial charge >= 0.3 is 0 Å². The molecule has 1 N–H and O–H groups in total. The molecule has 4 rings (SSSR count). The van der Waals surface area contributed by atoms with Crippen molar-refractivity contribution in [3.05, 3.63) is 78.0 Å². The molecule has 0 saturated heterocycles. The molecule has 2 amide bonds. The quantitative estimate of drug-likeness (QED) is 0.413. The van der Waals surface area contributed by atoms with Crippen LogP contribution in [-0.2, 0) is 16.1 Å². The van der Waals surface area contributed by atoms with Crippen molar-refractivity contribution in [2.75, 3.05) is 39.2 Å². The summed E-state index contributed by atoms with van der Waals surface area (Å²) in [6.07, 6.45) is 2.83. The van der Waals surface area contributed by atoms with Gasteiger partial charge in [0.25, 0.3) is 5.91 Å². The number of carbonyl (C=O) groups excluding carboxylic acids is 2. The predicted octanol–water partition coefficient (Wildman–Crippen LogP) is 5.49. The van der Waals surface area contributed by atoms with Crippen LogP contribution in [0.25, 0.3) is 11.3 Å². The monoisotopic (exact) mass is 558 g/mol. The van der Waals surface area contributed by atoms with Crippen LogP contribution in [0.1, 0.15) is 49.5 Å². The summed E-state index contributed by atoms with van der Waals surface area (Å²) < 4.78 is 12.2. The van der Waals surface area contributed by atoms with Crippen molar-refractivity contribution in [1.29, 1.82) is 0 Å². The molecule has 0 bridgehead atoms. The van der Waals surface area contributed by atoms with Crippen LogP contribution in [0.5, 0.6) is 5.75 Å². The zero-order valence-corrected chi connectivity index (χ0v) is 24.8. The molecule has 41 heavy (non-hydrogen) atoms. The van der Waals surface area contributed by atoms with Gasteiger partial charge in [0.1, 0.15) is 12.4 Å². The van der Waals surface area contributed by atoms with Crippen molar-refractivity contribution in [1.82, 2.24) is 14.8 Å². The maximum atomic E-state index is 13.6. The molecule has 2 heterocycles. The number of anilines is 1. The van der Waals surface area contributed by atoms with E-state index in [4.69, 9.17) is 9.47 Å². The third-order valence-electron chi connectivity index (χ3n) is 7.63. The Balaban J connectivity index is 1.58. The number of carbonyl (C=O) groups is 2. The molecule has 0 saturated carbocycles. The first kappa shape index (κ1) is 30.2. The van der Waals surface area contributed by atoms with Crippen molar-refractivity contribution >= 4 is 17.5 Å². The number of fused-ring (bicyclic) bond motifs is 1. The average molecular weight is 559 g/mol. The second-order valence-corrected chi connectivity index (χ2v) is 10.9. The molecule has 8 heteroatoms. The fourth-order valence-corrected chi connectivity index (χ4v) is 5.15. The lowest BCUT2D eigenvalue weighted by atomic mass is 10.0. The van der Waals surface area contributed by atoms with Crippen LogP contribution in [0.4, 0.5) is 5.69 Å². The van der Waals surface area contributed by atoms with Gasteiger partial charge < -0.3 is 19.7 Å². The Morgan fingerprint density at radius 1 is 1.10 bits per heavy atom. The molecule has 8 nitrogen and oxygen atoms in total. The molecular weight excluding hydrogens is 516 g/mol. The lowest BCUT2D eigenvalue weighted by Crippen LogP contribution is -2.46. The summed E-state index contributed by atoms with van der Waals surface area (Å²) in [5.41, 5.74) is 4.25. The van der Waals surface area contributed by atoms with Gasteiger partial charge in [-0.05, 0) is 55.2 Å². The molecule has 0 unspecified atom stereocenters. The second kappa shape index (κ2) is 14.2. The Labute approximate surface area is 243 Å². The minimum absolute atomic E-state index is 0.0643. The van der Waals surface area contributed by atoms with E-state index >= 15 is 0 Å². The second-order valence-electron chi connectivity index (χ2n) is 10.9. The van der Waals surface area contributed by atoms with Gasteiger partial charge in [-0.15, -0.1) is 0 Å². The average Bonchev–Trinajstić information content (AvgIpc) is 2.98. The zero-order valence-electron chi connectivity index (χ0n) is 24.8. The van der Waals surface area contributed by atoms with Crippen LogP contribution in [0.2, 0.25) is 0 Å². The van der Waals surface area contributed by atoms with Crippen LogP contribution in [0.15, 0.2) is 66.9 Å². The fraction of sp³-hybridized carbons (Fsp3) is 0.424. The molecule has 0 fully saturated rings. The summed E-state index contributed by atoms with van der Waals surface area (Å²) >= 11 is 0. The van der Waals surface area contributed by atoms with Crippen molar-refractivity contribution in [3.63, 3.8) is 0 Å². The lowest BCUT2D eigenvalue weighted by Gasteiger charge is -2.36. The van der Waals surface area contributed by atoms with E-state index in [2.05, 4.69) is 53.3 Å². The van der Waals surface area contributed by atoms with Gasteiger partial charge in [0.15, 0.2) is 0 Å². The summed E-state index contributed by atoms with van der Waals surface area (Å²) in [5.74, 6) is 0.417. The Morgan fingerprint density at radius 2 is 1.88 bits per heavy atom. The largest absolute Gasteiger partial charge is 0.491 e. The number of aromatic nitrogens is 1. The number of ether oxygens (including phenoxy) is 2. The smallest absolute Gasteiger partial charge is 0.257 e. The molecule has 3 aromatic rings. The van der Waals surface area contributed by atoms with E-state index in [1.807, 2.05) is 31.3 Å². The van der Waals surface area contributed by atoms with E-state index < -0.39 is 0 Å². The Bertz CT molecular complexity index is 1300. The molecule has 2 aromatic carbocycles. The van der Waals surface area contributed by atoms with Crippen LogP contribution in [0, 0.1) is 5.92 Å². The highest BCUT2D eigenvalue weighted by Gasteiger charge is 2.28. The molecule has 3 atom stereocenters. The van der Waals surface area contributed by atoms with Gasteiger partial charge in [-0.25, -0.2) is 0 Å². The van der Waals surface area contributed by atoms with E-state index in [-0.39, 0.29) is 29.9 Å². The first-order valence-corrected chi connectivity index (χ1v) is 14.4. The van der Waals surface area contributed by atoms with E-state index in [0.717, 1.165) is 30.8 Å². The Kier molecular flexibility index (Phi) is 10.5. The van der Waals surface area contributed by atoms with Crippen molar-refractivity contribution < 1.29 is 19.1 Å². The standard InChI is InChI=1S/C33H42N4O4/c1-6-9-32(38)35-27-15-16-30-28(18-27)33(39)36(4)21-31(40-5)23(2)19-37(24(3)22-41-30)20-25-11-13-26(14-12-25)29-10-7-8-17-34-29/h7-8,10-18,23-24,31H,6,9,19-22H2,1-5H3,(H,35,38)/t23-,24+,31-/m1/s1. The number of rotatable bonds is 7. The SMILES string of the molecule is CCCC(=O)Nc1ccc2c(c1)C(=O)N(C)C[C@@H](OC)[C@H](C)CN(Cc1ccc(-c3ccccn3)cc1)[C@@H](C)CO2. The summed E-state index contributed by atoms with van der Waals surface area (Å²) in [6.45, 7) is 8.64. The number of hydrogen-bond donors (Lipinski definition) is 1. The highest BCUT2D eigenvalue weighted by Crippen LogP contribution is 2.27. The third-order valence-corrected chi connectivity index (χ3v) is 7.63. The van der Waals surface area contributed by atoms with Crippen LogP contribution in [-0.4, -0.2) is 72.6 Å². The van der Waals surface area contributed by atoms with Gasteiger partial charge in [0, 0.05) is 63.7 Å². The predicted molar refractivity (Wildman–Crippen MR) is 162 cm³/mol. The van der Waals surface area contributed by atoms with Crippen LogP contribution < -0.4 is 10.1 Å². The van der Waals surface area contributed by atoms with Crippen LogP contribution in [0.3, 0.4) is 0 Å². The van der Waals surface area contributed by atoms with Gasteiger partial charge in [-0.3, -0.25) is 19.5 Å². The number of benzene rings is 2. The maximum absolute atomic E-state index is 13.6. The summed E-state index contributed by atoms with van der Waals surface area (Å²) in [5, 5.41) is 2.90. The molecule has 1 aromatic heterocycles. The van der Waals surface area contributed by atoms with Gasteiger partial charge in [0.2, 0.25) is 5.91 Å². The maximum Gasteiger partial charge on any atom is 0.257 e. The zero-order chi connectivity index (χ0) is 29.4. The Morgan fingerprint density at radius 3 is 2.56 bits per heavy atom. The van der Waals surface area contributed by atoms with E-state index in [0.29, 0.717) is 36.6 Å². The highest BCUT2D eigenvalue weighted by molar-refractivity contribution is 5.99. The number of amides is 2. The molecule has 0 aliphatic carbocycles. The minimum Gasteiger partial charge on any atom is -0.491 e. The molecule has 1 aliphatic heterocycles. The first-order valence-electron chi connectivity index (χ1n) is 14.4. The number of nitrogens with zero attached hydrogens (tertiary/aromatic N) is 3. The molecule has 1 aliphatic rings. The van der Waals surface area contributed by atoms with Gasteiger partial charge in [0.05, 0.1) is 17.4 Å². The van der Waals surface area contributed by atoms with Crippen molar-refractivity contribution in [2.24, 2.45) is 5.92 Å². The Hall–Kier alpha value is -3.75. The molecule has 0 radical (unpaired) electrons. The number of pyridine rings is 1. The molecule has 218 valence electrons. The van der Waals surface area contributed by atoms with E-state index in [1.165, 1.54) is 5.56 Å². The van der Waals surface area contributed by atoms with Crippen LogP contribution >= 0.6 is 0 Å². The van der Waals surface area contributed by atoms with Gasteiger partial charge in [-0.1, -0.05) is 44.2 Å². The number of nitrogens with one attached hydrogen (secondary N) is 1. The lowest BCUT2D eigenvalue weighted by molar-refractivity contribution is -0.116. The third kappa shape index (κ3) is 7.93. The summed E-state index contributed by atoms with van der Waals surface area (Å²) in [6, 6.07) is 19.8. The normalized spacial score (nSPS) is 20.4. The minimum atomic E-state index is -0.168. The van der Waals surface area contributed by atoms with E-state index in [1.54, 1.807) is 37.3 Å². The molecule has 0 spiro atoms.